The van der Waals surface area contributed by atoms with Crippen molar-refractivity contribution in [2.45, 2.75) is 69.7 Å². The van der Waals surface area contributed by atoms with E-state index in [1.807, 2.05) is 25.6 Å². The molecule has 0 bridgehead atoms. The van der Waals surface area contributed by atoms with Gasteiger partial charge in [-0.2, -0.15) is 11.8 Å². The molecule has 17 nitrogen and oxygen atoms in total. The molecule has 2 saturated heterocycles. The summed E-state index contributed by atoms with van der Waals surface area (Å²) in [4.78, 5) is 35.1. The van der Waals surface area contributed by atoms with Crippen LogP contribution in [0.3, 0.4) is 0 Å². The first-order chi connectivity index (χ1) is 28.0. The molecular weight excluding hydrogens is 767 g/mol. The Morgan fingerprint density at radius 2 is 0.947 bits per heavy atom. The molecule has 2 aliphatic heterocycles. The summed E-state index contributed by atoms with van der Waals surface area (Å²) in [6.07, 6.45) is 4.85. The van der Waals surface area contributed by atoms with Crippen molar-refractivity contribution in [3.63, 3.8) is 0 Å². The van der Waals surface area contributed by atoms with Gasteiger partial charge in [-0.25, -0.2) is 4.79 Å². The maximum absolute atomic E-state index is 12.2. The molecule has 3 N–H and O–H groups in total. The fraction of sp³-hybridized carbons (Fsp3) is 0.923. The van der Waals surface area contributed by atoms with Gasteiger partial charge in [-0.05, 0) is 19.3 Å². The Morgan fingerprint density at radius 1 is 0.561 bits per heavy atom. The van der Waals surface area contributed by atoms with Gasteiger partial charge in [0.05, 0.1) is 151 Å². The standard InChI is InChI=1S/C39H73N3O14S/c1-33(2)38(44)40-9-11-47-13-15-49-17-19-51-21-23-53-25-27-55-29-31-56-30-28-54-26-24-52-22-20-50-18-16-48-14-12-46-10-5-7-34(43)6-3-4-8-36-37-35(32-57-36)41-39(45)42-37/h33,35-37H,3-32H2,1-2H3,(H,40,44)(H2,41,42,45)/t35-,36-,37-/m0/s1. The second kappa shape index (κ2) is 37.3. The minimum absolute atomic E-state index is 0.0190. The normalized spacial score (nSPS) is 17.6. The maximum Gasteiger partial charge on any atom is 0.315 e. The van der Waals surface area contributed by atoms with E-state index in [2.05, 4.69) is 16.0 Å². The van der Waals surface area contributed by atoms with Crippen molar-refractivity contribution in [1.82, 2.24) is 16.0 Å². The van der Waals surface area contributed by atoms with Gasteiger partial charge in [0, 0.05) is 42.9 Å². The third-order valence-corrected chi connectivity index (χ3v) is 10.2. The number of amides is 3. The lowest BCUT2D eigenvalue weighted by Crippen LogP contribution is -2.36. The molecule has 0 aliphatic carbocycles. The van der Waals surface area contributed by atoms with E-state index in [1.165, 1.54) is 0 Å². The first-order valence-electron chi connectivity index (χ1n) is 20.8. The number of hydrogen-bond acceptors (Lipinski definition) is 15. The molecule has 3 amide bonds. The molecule has 18 heteroatoms. The molecule has 3 atom stereocenters. The van der Waals surface area contributed by atoms with Crippen LogP contribution in [-0.2, 0) is 61.7 Å². The molecule has 0 unspecified atom stereocenters. The Bertz CT molecular complexity index is 989. The van der Waals surface area contributed by atoms with E-state index < -0.39 is 0 Å². The van der Waals surface area contributed by atoms with Crippen LogP contribution in [0.15, 0.2) is 0 Å². The lowest BCUT2D eigenvalue weighted by Gasteiger charge is -2.16. The van der Waals surface area contributed by atoms with Crippen molar-refractivity contribution in [1.29, 1.82) is 0 Å². The van der Waals surface area contributed by atoms with Gasteiger partial charge in [0.25, 0.3) is 0 Å². The van der Waals surface area contributed by atoms with E-state index in [0.717, 1.165) is 31.4 Å². The fourth-order valence-corrected chi connectivity index (χ4v) is 7.10. The van der Waals surface area contributed by atoms with Crippen LogP contribution in [0.5, 0.6) is 0 Å². The van der Waals surface area contributed by atoms with Crippen LogP contribution in [-0.4, -0.2) is 193 Å². The van der Waals surface area contributed by atoms with Crippen molar-refractivity contribution in [2.24, 2.45) is 5.92 Å². The zero-order valence-corrected chi connectivity index (χ0v) is 35.5. The Labute approximate surface area is 344 Å². The summed E-state index contributed by atoms with van der Waals surface area (Å²) in [6, 6.07) is 0.438. The first-order valence-corrected chi connectivity index (χ1v) is 21.9. The van der Waals surface area contributed by atoms with Gasteiger partial charge in [-0.1, -0.05) is 20.3 Å². The van der Waals surface area contributed by atoms with Crippen molar-refractivity contribution in [2.75, 3.05) is 158 Å². The number of hydrogen-bond donors (Lipinski definition) is 3. The monoisotopic (exact) mass is 839 g/mol. The lowest BCUT2D eigenvalue weighted by molar-refractivity contribution is -0.124. The van der Waals surface area contributed by atoms with Gasteiger partial charge in [-0.3, -0.25) is 9.59 Å². The topological polar surface area (TPSA) is 189 Å². The molecule has 2 fully saturated rings. The molecule has 0 aromatic carbocycles. The van der Waals surface area contributed by atoms with Gasteiger partial charge in [0.1, 0.15) is 5.78 Å². The predicted molar refractivity (Wildman–Crippen MR) is 215 cm³/mol. The highest BCUT2D eigenvalue weighted by molar-refractivity contribution is 8.00. The number of carbonyl (C=O) groups excluding carboxylic acids is 3. The molecule has 0 spiro atoms. The summed E-state index contributed by atoms with van der Waals surface area (Å²) in [7, 11) is 0. The summed E-state index contributed by atoms with van der Waals surface area (Å²) in [5.41, 5.74) is 0. The van der Waals surface area contributed by atoms with Gasteiger partial charge < -0.3 is 68.1 Å². The molecule has 2 rings (SSSR count). The summed E-state index contributed by atoms with van der Waals surface area (Å²) in [5.74, 6) is 1.27. The number of rotatable bonds is 43. The molecule has 0 saturated carbocycles. The molecule has 2 heterocycles. The predicted octanol–water partition coefficient (Wildman–Crippen LogP) is 2.02. The number of unbranched alkanes of at least 4 members (excludes halogenated alkanes) is 1. The maximum atomic E-state index is 12.2. The number of fused-ring (bicyclic) bond motifs is 1. The van der Waals surface area contributed by atoms with Gasteiger partial charge >= 0.3 is 6.03 Å². The third kappa shape index (κ3) is 30.1. The first kappa shape index (κ1) is 51.5. The van der Waals surface area contributed by atoms with Crippen LogP contribution in [0.2, 0.25) is 0 Å². The van der Waals surface area contributed by atoms with Gasteiger partial charge in [-0.15, -0.1) is 0 Å². The number of carbonyl (C=O) groups is 3. The Morgan fingerprint density at radius 3 is 1.37 bits per heavy atom. The minimum Gasteiger partial charge on any atom is -0.379 e. The number of urea groups is 1. The number of nitrogens with one attached hydrogen (secondary N) is 3. The van der Waals surface area contributed by atoms with E-state index in [4.69, 9.17) is 52.1 Å². The van der Waals surface area contributed by atoms with Crippen molar-refractivity contribution < 1.29 is 66.5 Å². The van der Waals surface area contributed by atoms with Crippen LogP contribution in [0.25, 0.3) is 0 Å². The van der Waals surface area contributed by atoms with Gasteiger partial charge in [0.2, 0.25) is 5.91 Å². The SMILES string of the molecule is CC(C)C(=O)NCCOCCOCCOCCOCCOCCOCCOCCOCCOCCOCCOCCCC(=O)CCCC[C@@H]1SC[C@@H]2NC(=O)N[C@@H]21. The fourth-order valence-electron chi connectivity index (χ4n) is 5.56. The molecule has 0 aromatic rings. The Kier molecular flexibility index (Phi) is 33.7. The molecule has 57 heavy (non-hydrogen) atoms. The van der Waals surface area contributed by atoms with Crippen molar-refractivity contribution in [3.05, 3.63) is 0 Å². The highest BCUT2D eigenvalue weighted by atomic mass is 32.2. The van der Waals surface area contributed by atoms with E-state index >= 15 is 0 Å². The Balaban J connectivity index is 1.14. The molecule has 0 radical (unpaired) electrons. The number of ketones is 1. The van der Waals surface area contributed by atoms with E-state index in [0.29, 0.717) is 176 Å². The highest BCUT2D eigenvalue weighted by Crippen LogP contribution is 2.33. The summed E-state index contributed by atoms with van der Waals surface area (Å²) in [5, 5.41) is 9.23. The number of thioether (sulfide) groups is 1. The summed E-state index contributed by atoms with van der Waals surface area (Å²) >= 11 is 1.92. The van der Waals surface area contributed by atoms with E-state index in [-0.39, 0.29) is 29.9 Å². The van der Waals surface area contributed by atoms with Crippen molar-refractivity contribution >= 4 is 29.5 Å². The second-order valence-electron chi connectivity index (χ2n) is 13.7. The van der Waals surface area contributed by atoms with Gasteiger partial charge in [0.15, 0.2) is 0 Å². The number of ether oxygens (including phenoxy) is 11. The van der Waals surface area contributed by atoms with E-state index in [9.17, 15) is 14.4 Å². The van der Waals surface area contributed by atoms with Crippen molar-refractivity contribution in [3.8, 4) is 0 Å². The number of Topliss-reactive ketones (excluding diaryl/α,β-unsaturated/α-hetero) is 1. The quantitative estimate of drug-likeness (QED) is 0.0598. The molecule has 2 aliphatic rings. The van der Waals surface area contributed by atoms with Crippen LogP contribution < -0.4 is 16.0 Å². The largest absolute Gasteiger partial charge is 0.379 e. The van der Waals surface area contributed by atoms with Crippen LogP contribution in [0.4, 0.5) is 4.79 Å². The zero-order valence-electron chi connectivity index (χ0n) is 34.6. The second-order valence-corrected chi connectivity index (χ2v) is 15.0. The average molecular weight is 840 g/mol. The highest BCUT2D eigenvalue weighted by Gasteiger charge is 2.42. The summed E-state index contributed by atoms with van der Waals surface area (Å²) in [6.45, 7) is 15.0. The smallest absolute Gasteiger partial charge is 0.315 e. The van der Waals surface area contributed by atoms with Crippen LogP contribution in [0.1, 0.15) is 52.4 Å². The average Bonchev–Trinajstić information content (AvgIpc) is 3.76. The molecule has 0 aromatic heterocycles. The minimum atomic E-state index is -0.0524. The third-order valence-electron chi connectivity index (χ3n) is 8.67. The Hall–Kier alpha value is -1.68. The molecular formula is C39H73N3O14S. The van der Waals surface area contributed by atoms with Crippen LogP contribution >= 0.6 is 11.8 Å². The summed E-state index contributed by atoms with van der Waals surface area (Å²) < 4.78 is 60.4. The van der Waals surface area contributed by atoms with Crippen LogP contribution in [0, 0.1) is 5.92 Å². The zero-order chi connectivity index (χ0) is 40.9. The van der Waals surface area contributed by atoms with E-state index in [1.54, 1.807) is 0 Å². The lowest BCUT2D eigenvalue weighted by atomic mass is 10.0. The molecule has 334 valence electrons.